The van der Waals surface area contributed by atoms with E-state index >= 15 is 0 Å². The first-order chi connectivity index (χ1) is 18.5. The van der Waals surface area contributed by atoms with Crippen molar-refractivity contribution in [1.82, 2.24) is 19.5 Å². The summed E-state index contributed by atoms with van der Waals surface area (Å²) in [6.45, 7) is 2.14. The molecule has 0 aliphatic heterocycles. The van der Waals surface area contributed by atoms with Gasteiger partial charge in [-0.15, -0.1) is 11.3 Å². The molecule has 6 rings (SSSR count). The van der Waals surface area contributed by atoms with Crippen LogP contribution < -0.4 is 10.5 Å². The van der Waals surface area contributed by atoms with Gasteiger partial charge in [-0.25, -0.2) is 15.0 Å². The molecule has 0 aliphatic rings. The van der Waals surface area contributed by atoms with E-state index in [2.05, 4.69) is 51.0 Å². The molecule has 38 heavy (non-hydrogen) atoms. The van der Waals surface area contributed by atoms with Crippen molar-refractivity contribution in [2.24, 2.45) is 0 Å². The van der Waals surface area contributed by atoms with Gasteiger partial charge in [-0.05, 0) is 46.8 Å². The molecule has 0 N–H and O–H groups in total. The number of fused-ring (bicyclic) bond motifs is 2. The lowest BCUT2D eigenvalue weighted by molar-refractivity contribution is 0.687. The molecule has 0 amide bonds. The highest BCUT2D eigenvalue weighted by Crippen LogP contribution is 2.32. The van der Waals surface area contributed by atoms with Gasteiger partial charge in [-0.2, -0.15) is 0 Å². The fourth-order valence-corrected chi connectivity index (χ4v) is 5.71. The summed E-state index contributed by atoms with van der Waals surface area (Å²) >= 11 is 1.51. The molecule has 0 saturated carbocycles. The number of hydrogen-bond donors (Lipinski definition) is 0. The molecule has 0 spiro atoms. The Morgan fingerprint density at radius 3 is 2.55 bits per heavy atom. The Hall–Kier alpha value is -4.36. The van der Waals surface area contributed by atoms with E-state index in [4.69, 9.17) is 0 Å². The number of rotatable bonds is 6. The van der Waals surface area contributed by atoms with Crippen molar-refractivity contribution in [3.63, 3.8) is 0 Å². The van der Waals surface area contributed by atoms with Crippen LogP contribution in [0.15, 0.2) is 95.5 Å². The van der Waals surface area contributed by atoms with Crippen molar-refractivity contribution in [3.05, 3.63) is 112 Å². The molecule has 3 aromatic carbocycles. The van der Waals surface area contributed by atoms with Gasteiger partial charge in [0.05, 0.1) is 16.6 Å². The number of pyridine rings is 1. The Morgan fingerprint density at radius 2 is 1.74 bits per heavy atom. The Kier molecular flexibility index (Phi) is 6.21. The summed E-state index contributed by atoms with van der Waals surface area (Å²) in [6, 6.07) is 26.5. The van der Waals surface area contributed by atoms with Gasteiger partial charge in [-0.1, -0.05) is 55.5 Å². The third-order valence-electron chi connectivity index (χ3n) is 6.98. The maximum atomic E-state index is 14.4. The summed E-state index contributed by atoms with van der Waals surface area (Å²) in [4.78, 5) is 30.8. The standard InChI is InChI=1S/C31H27N5OS/c1-20(15-26-29-30(33-18-32-26)38-19-34-29)27-17-22-10-8-14-25(21-9-7-13-24(16-21)35(2)3)28(22)31(37)36(27)23-11-5-4-6-12-23/h4-14,16-20H,15H2,1-3H3/t20-/m1/s1. The molecule has 0 fully saturated rings. The predicted molar refractivity (Wildman–Crippen MR) is 157 cm³/mol. The SMILES string of the molecule is C[C@H](Cc1ncnc2scnc12)c1cc2cccc(-c3cccc(N(C)C)c3)c2c(=O)n1-c1ccccc1. The van der Waals surface area contributed by atoms with E-state index in [0.717, 1.165) is 49.6 Å². The summed E-state index contributed by atoms with van der Waals surface area (Å²) in [5.41, 5.74) is 8.33. The highest BCUT2D eigenvalue weighted by molar-refractivity contribution is 7.16. The smallest absolute Gasteiger partial charge is 0.263 e. The van der Waals surface area contributed by atoms with Crippen molar-refractivity contribution in [1.29, 1.82) is 0 Å². The van der Waals surface area contributed by atoms with Crippen LogP contribution in [0.5, 0.6) is 0 Å². The fourth-order valence-electron chi connectivity index (χ4n) is 5.07. The van der Waals surface area contributed by atoms with E-state index in [9.17, 15) is 4.79 Å². The van der Waals surface area contributed by atoms with Crippen LogP contribution in [0, 0.1) is 0 Å². The zero-order valence-corrected chi connectivity index (χ0v) is 22.3. The lowest BCUT2D eigenvalue weighted by Gasteiger charge is -2.21. The monoisotopic (exact) mass is 517 g/mol. The number of nitrogens with zero attached hydrogens (tertiary/aromatic N) is 5. The minimum atomic E-state index is -0.0251. The number of anilines is 1. The molecule has 1 atom stereocenters. The maximum Gasteiger partial charge on any atom is 0.263 e. The van der Waals surface area contributed by atoms with Crippen LogP contribution in [0.2, 0.25) is 0 Å². The van der Waals surface area contributed by atoms with Crippen molar-refractivity contribution in [2.45, 2.75) is 19.3 Å². The largest absolute Gasteiger partial charge is 0.378 e. The zero-order valence-electron chi connectivity index (χ0n) is 21.5. The molecule has 6 aromatic rings. The molecule has 7 heteroatoms. The first-order valence-corrected chi connectivity index (χ1v) is 13.4. The predicted octanol–water partition coefficient (Wildman–Crippen LogP) is 6.47. The lowest BCUT2D eigenvalue weighted by atomic mass is 9.94. The summed E-state index contributed by atoms with van der Waals surface area (Å²) in [7, 11) is 4.05. The molecule has 6 nitrogen and oxygen atoms in total. The van der Waals surface area contributed by atoms with E-state index in [0.29, 0.717) is 11.8 Å². The Bertz CT molecular complexity index is 1820. The van der Waals surface area contributed by atoms with E-state index in [1.165, 1.54) is 11.3 Å². The van der Waals surface area contributed by atoms with Gasteiger partial charge in [0.1, 0.15) is 16.7 Å². The van der Waals surface area contributed by atoms with Gasteiger partial charge < -0.3 is 4.90 Å². The van der Waals surface area contributed by atoms with Crippen molar-refractivity contribution >= 4 is 38.1 Å². The van der Waals surface area contributed by atoms with Gasteiger partial charge in [0.25, 0.3) is 5.56 Å². The van der Waals surface area contributed by atoms with Crippen LogP contribution in [0.1, 0.15) is 24.2 Å². The quantitative estimate of drug-likeness (QED) is 0.253. The van der Waals surface area contributed by atoms with Crippen LogP contribution in [0.4, 0.5) is 5.69 Å². The molecule has 0 saturated heterocycles. The molecular weight excluding hydrogens is 490 g/mol. The van der Waals surface area contributed by atoms with E-state index in [1.54, 1.807) is 11.8 Å². The maximum absolute atomic E-state index is 14.4. The fraction of sp³-hybridized carbons (Fsp3) is 0.161. The second-order valence-corrected chi connectivity index (χ2v) is 10.5. The van der Waals surface area contributed by atoms with Gasteiger partial charge in [0.15, 0.2) is 0 Å². The van der Waals surface area contributed by atoms with Crippen LogP contribution in [-0.2, 0) is 6.42 Å². The summed E-state index contributed by atoms with van der Waals surface area (Å²) < 4.78 is 1.87. The number of para-hydroxylation sites is 1. The number of hydrogen-bond acceptors (Lipinski definition) is 6. The average Bonchev–Trinajstić information content (AvgIpc) is 3.43. The first kappa shape index (κ1) is 24.0. The van der Waals surface area contributed by atoms with Gasteiger partial charge in [-0.3, -0.25) is 9.36 Å². The van der Waals surface area contributed by atoms with E-state index < -0.39 is 0 Å². The number of thiazole rings is 1. The molecule has 0 bridgehead atoms. The van der Waals surface area contributed by atoms with Crippen molar-refractivity contribution in [2.75, 3.05) is 19.0 Å². The summed E-state index contributed by atoms with van der Waals surface area (Å²) in [5.74, 6) is 0.00725. The van der Waals surface area contributed by atoms with E-state index in [1.807, 2.05) is 73.3 Å². The normalized spacial score (nSPS) is 12.2. The third-order valence-corrected chi connectivity index (χ3v) is 7.71. The highest BCUT2D eigenvalue weighted by atomic mass is 32.1. The number of aromatic nitrogens is 4. The molecule has 3 heterocycles. The zero-order chi connectivity index (χ0) is 26.2. The molecule has 0 aliphatic carbocycles. The Labute approximate surface area is 224 Å². The van der Waals surface area contributed by atoms with Crippen LogP contribution >= 0.6 is 11.3 Å². The molecule has 0 radical (unpaired) electrons. The highest BCUT2D eigenvalue weighted by Gasteiger charge is 2.20. The van der Waals surface area contributed by atoms with Gasteiger partial charge in [0.2, 0.25) is 0 Å². The van der Waals surface area contributed by atoms with Gasteiger partial charge in [0, 0.05) is 43.5 Å². The second kappa shape index (κ2) is 9.84. The summed E-state index contributed by atoms with van der Waals surface area (Å²) in [5, 5.41) is 1.64. The van der Waals surface area contributed by atoms with Crippen LogP contribution in [0.3, 0.4) is 0 Å². The first-order valence-electron chi connectivity index (χ1n) is 12.6. The minimum absolute atomic E-state index is 0.00725. The lowest BCUT2D eigenvalue weighted by Crippen LogP contribution is -2.24. The second-order valence-electron chi connectivity index (χ2n) is 9.69. The van der Waals surface area contributed by atoms with Crippen LogP contribution in [0.25, 0.3) is 37.9 Å². The molecule has 0 unspecified atom stereocenters. The van der Waals surface area contributed by atoms with Crippen molar-refractivity contribution < 1.29 is 0 Å². The average molecular weight is 518 g/mol. The van der Waals surface area contributed by atoms with Crippen molar-refractivity contribution in [3.8, 4) is 16.8 Å². The van der Waals surface area contributed by atoms with Gasteiger partial charge >= 0.3 is 0 Å². The third kappa shape index (κ3) is 4.25. The van der Waals surface area contributed by atoms with E-state index in [-0.39, 0.29) is 11.5 Å². The Balaban J connectivity index is 1.56. The molecule has 3 aromatic heterocycles. The number of benzene rings is 3. The molecular formula is C31H27N5OS. The summed E-state index contributed by atoms with van der Waals surface area (Å²) in [6.07, 6.45) is 2.24. The minimum Gasteiger partial charge on any atom is -0.378 e. The molecule has 188 valence electrons. The topological polar surface area (TPSA) is 63.9 Å². The van der Waals surface area contributed by atoms with Crippen LogP contribution in [-0.4, -0.2) is 33.6 Å². The Morgan fingerprint density at radius 1 is 0.921 bits per heavy atom.